The first kappa shape index (κ1) is 19.5. The summed E-state index contributed by atoms with van der Waals surface area (Å²) in [5.74, 6) is 0.706. The lowest BCUT2D eigenvalue weighted by atomic mass is 9.95. The van der Waals surface area contributed by atoms with E-state index in [0.29, 0.717) is 43.2 Å². The molecule has 1 aromatic carbocycles. The standard InChI is InChI=1S/C18H25ClN2O4/c1-20(11-14-10-15(19)4-5-16(14)25-3)18(23)13-6-8-21(9-7-13)17(22)12-24-2/h4-5,10,13H,6-9,11-12H2,1-3H3. The van der Waals surface area contributed by atoms with Crippen molar-refractivity contribution in [3.8, 4) is 5.75 Å². The van der Waals surface area contributed by atoms with E-state index in [1.807, 2.05) is 6.07 Å². The summed E-state index contributed by atoms with van der Waals surface area (Å²) in [6, 6.07) is 5.38. The van der Waals surface area contributed by atoms with Crippen molar-refractivity contribution < 1.29 is 19.1 Å². The molecule has 0 saturated carbocycles. The van der Waals surface area contributed by atoms with Crippen LogP contribution in [0.25, 0.3) is 0 Å². The highest BCUT2D eigenvalue weighted by Crippen LogP contribution is 2.25. The van der Waals surface area contributed by atoms with E-state index in [0.717, 1.165) is 5.56 Å². The van der Waals surface area contributed by atoms with E-state index in [1.54, 1.807) is 36.1 Å². The predicted molar refractivity (Wildman–Crippen MR) is 95.7 cm³/mol. The van der Waals surface area contributed by atoms with Crippen LogP contribution >= 0.6 is 11.6 Å². The lowest BCUT2D eigenvalue weighted by Crippen LogP contribution is -2.44. The number of amides is 2. The molecule has 1 saturated heterocycles. The largest absolute Gasteiger partial charge is 0.496 e. The van der Waals surface area contributed by atoms with Gasteiger partial charge in [0.2, 0.25) is 11.8 Å². The highest BCUT2D eigenvalue weighted by molar-refractivity contribution is 6.30. The molecule has 0 bridgehead atoms. The Morgan fingerprint density at radius 2 is 1.96 bits per heavy atom. The summed E-state index contributed by atoms with van der Waals surface area (Å²) in [7, 11) is 4.89. The molecule has 0 aromatic heterocycles. The average molecular weight is 369 g/mol. The van der Waals surface area contributed by atoms with E-state index < -0.39 is 0 Å². The number of nitrogens with zero attached hydrogens (tertiary/aromatic N) is 2. The molecule has 0 atom stereocenters. The lowest BCUT2D eigenvalue weighted by molar-refractivity contribution is -0.142. The van der Waals surface area contributed by atoms with Gasteiger partial charge in [0.15, 0.2) is 0 Å². The minimum absolute atomic E-state index is 0.0228. The molecule has 6 nitrogen and oxygen atoms in total. The van der Waals surface area contributed by atoms with Crippen LogP contribution in [0.4, 0.5) is 0 Å². The fourth-order valence-electron chi connectivity index (χ4n) is 3.11. The number of benzene rings is 1. The number of rotatable bonds is 6. The van der Waals surface area contributed by atoms with Crippen LogP contribution in [-0.4, -0.2) is 62.6 Å². The summed E-state index contributed by atoms with van der Waals surface area (Å²) in [6.45, 7) is 1.71. The number of carbonyl (C=O) groups excluding carboxylic acids is 2. The first-order chi connectivity index (χ1) is 12.0. The molecule has 0 unspecified atom stereocenters. The number of ether oxygens (including phenoxy) is 2. The number of carbonyl (C=O) groups is 2. The van der Waals surface area contributed by atoms with Crippen molar-refractivity contribution in [3.63, 3.8) is 0 Å². The van der Waals surface area contributed by atoms with E-state index in [2.05, 4.69) is 0 Å². The molecule has 0 N–H and O–H groups in total. The zero-order valence-electron chi connectivity index (χ0n) is 15.0. The summed E-state index contributed by atoms with van der Waals surface area (Å²) in [5, 5.41) is 0.613. The first-order valence-electron chi connectivity index (χ1n) is 8.30. The van der Waals surface area contributed by atoms with Gasteiger partial charge in [0.1, 0.15) is 12.4 Å². The Hall–Kier alpha value is -1.79. The van der Waals surface area contributed by atoms with Crippen LogP contribution in [0.15, 0.2) is 18.2 Å². The van der Waals surface area contributed by atoms with Gasteiger partial charge in [-0.15, -0.1) is 0 Å². The maximum absolute atomic E-state index is 12.7. The number of methoxy groups -OCH3 is 2. The topological polar surface area (TPSA) is 59.1 Å². The molecule has 1 heterocycles. The average Bonchev–Trinajstić information content (AvgIpc) is 2.61. The van der Waals surface area contributed by atoms with Gasteiger partial charge in [-0.3, -0.25) is 9.59 Å². The maximum Gasteiger partial charge on any atom is 0.248 e. The summed E-state index contributed by atoms with van der Waals surface area (Å²) < 4.78 is 10.2. The van der Waals surface area contributed by atoms with E-state index >= 15 is 0 Å². The van der Waals surface area contributed by atoms with Gasteiger partial charge in [-0.2, -0.15) is 0 Å². The third-order valence-electron chi connectivity index (χ3n) is 4.49. The third kappa shape index (κ3) is 5.09. The number of hydrogen-bond donors (Lipinski definition) is 0. The van der Waals surface area contributed by atoms with Crippen molar-refractivity contribution in [1.82, 2.24) is 9.80 Å². The van der Waals surface area contributed by atoms with Crippen molar-refractivity contribution in [2.45, 2.75) is 19.4 Å². The summed E-state index contributed by atoms with van der Waals surface area (Å²) in [5.41, 5.74) is 0.874. The second-order valence-corrected chi connectivity index (χ2v) is 6.67. The van der Waals surface area contributed by atoms with Crippen LogP contribution in [0.5, 0.6) is 5.75 Å². The molecule has 0 aliphatic carbocycles. The van der Waals surface area contributed by atoms with E-state index in [9.17, 15) is 9.59 Å². The van der Waals surface area contributed by atoms with Gasteiger partial charge in [-0.05, 0) is 31.0 Å². The fraction of sp³-hybridized carbons (Fsp3) is 0.556. The quantitative estimate of drug-likeness (QED) is 0.772. The van der Waals surface area contributed by atoms with Crippen molar-refractivity contribution in [2.75, 3.05) is 41.0 Å². The van der Waals surface area contributed by atoms with E-state index in [1.165, 1.54) is 7.11 Å². The number of hydrogen-bond acceptors (Lipinski definition) is 4. The zero-order valence-corrected chi connectivity index (χ0v) is 15.7. The SMILES string of the molecule is COCC(=O)N1CCC(C(=O)N(C)Cc2cc(Cl)ccc2OC)CC1. The molecule has 2 amide bonds. The predicted octanol–water partition coefficient (Wildman–Crippen LogP) is 2.19. The van der Waals surface area contributed by atoms with Crippen LogP contribution in [0.2, 0.25) is 5.02 Å². The molecule has 7 heteroatoms. The molecule has 138 valence electrons. The molecule has 1 aromatic rings. The summed E-state index contributed by atoms with van der Waals surface area (Å²) >= 11 is 6.05. The molecule has 1 aliphatic rings. The van der Waals surface area contributed by atoms with Crippen LogP contribution in [-0.2, 0) is 20.9 Å². The normalized spacial score (nSPS) is 15.1. The van der Waals surface area contributed by atoms with Gasteiger partial charge in [0.25, 0.3) is 0 Å². The van der Waals surface area contributed by atoms with Crippen LogP contribution < -0.4 is 4.74 Å². The van der Waals surface area contributed by atoms with Crippen LogP contribution in [0.3, 0.4) is 0 Å². The van der Waals surface area contributed by atoms with Gasteiger partial charge in [-0.25, -0.2) is 0 Å². The minimum atomic E-state index is -0.0678. The number of likely N-dealkylation sites (tertiary alicyclic amines) is 1. The third-order valence-corrected chi connectivity index (χ3v) is 4.73. The Bertz CT molecular complexity index is 615. The molecule has 1 aliphatic heterocycles. The maximum atomic E-state index is 12.7. The Balaban J connectivity index is 1.93. The molecule has 25 heavy (non-hydrogen) atoms. The Morgan fingerprint density at radius 3 is 2.56 bits per heavy atom. The number of halogens is 1. The van der Waals surface area contributed by atoms with Crippen molar-refractivity contribution in [2.24, 2.45) is 5.92 Å². The van der Waals surface area contributed by atoms with E-state index in [4.69, 9.17) is 21.1 Å². The van der Waals surface area contributed by atoms with Gasteiger partial charge in [-0.1, -0.05) is 11.6 Å². The smallest absolute Gasteiger partial charge is 0.248 e. The van der Waals surface area contributed by atoms with Crippen LogP contribution in [0, 0.1) is 5.92 Å². The molecular formula is C18H25ClN2O4. The highest BCUT2D eigenvalue weighted by Gasteiger charge is 2.29. The molecule has 0 spiro atoms. The molecular weight excluding hydrogens is 344 g/mol. The Morgan fingerprint density at radius 1 is 1.28 bits per heavy atom. The van der Waals surface area contributed by atoms with Crippen molar-refractivity contribution >= 4 is 23.4 Å². The van der Waals surface area contributed by atoms with Crippen molar-refractivity contribution in [3.05, 3.63) is 28.8 Å². The second-order valence-electron chi connectivity index (χ2n) is 6.24. The van der Waals surface area contributed by atoms with Gasteiger partial charge >= 0.3 is 0 Å². The van der Waals surface area contributed by atoms with Gasteiger partial charge in [0.05, 0.1) is 7.11 Å². The monoisotopic (exact) mass is 368 g/mol. The number of piperidine rings is 1. The summed E-state index contributed by atoms with van der Waals surface area (Å²) in [4.78, 5) is 28.0. The van der Waals surface area contributed by atoms with E-state index in [-0.39, 0.29) is 24.3 Å². The molecule has 1 fully saturated rings. The Labute approximate surface area is 153 Å². The molecule has 2 rings (SSSR count). The first-order valence-corrected chi connectivity index (χ1v) is 8.68. The fourth-order valence-corrected chi connectivity index (χ4v) is 3.30. The summed E-state index contributed by atoms with van der Waals surface area (Å²) in [6.07, 6.45) is 1.34. The molecule has 0 radical (unpaired) electrons. The van der Waals surface area contributed by atoms with Crippen LogP contribution in [0.1, 0.15) is 18.4 Å². The lowest BCUT2D eigenvalue weighted by Gasteiger charge is -2.33. The van der Waals surface area contributed by atoms with Gasteiger partial charge in [0, 0.05) is 50.3 Å². The second kappa shape index (κ2) is 9.06. The minimum Gasteiger partial charge on any atom is -0.496 e. The van der Waals surface area contributed by atoms with Gasteiger partial charge < -0.3 is 19.3 Å². The highest BCUT2D eigenvalue weighted by atomic mass is 35.5. The Kier molecular flexibility index (Phi) is 7.08. The zero-order chi connectivity index (χ0) is 18.4. The van der Waals surface area contributed by atoms with Crippen molar-refractivity contribution in [1.29, 1.82) is 0 Å².